The Kier molecular flexibility index (Phi) is 8.19. The van der Waals surface area contributed by atoms with Crippen LogP contribution in [-0.4, -0.2) is 43.8 Å². The van der Waals surface area contributed by atoms with Gasteiger partial charge in [0.05, 0.1) is 11.4 Å². The van der Waals surface area contributed by atoms with E-state index < -0.39 is 0 Å². The number of hydrogen-bond donors (Lipinski definition) is 0. The first-order valence-electron chi connectivity index (χ1n) is 8.24. The lowest BCUT2D eigenvalue weighted by molar-refractivity contribution is 0.299. The molecule has 0 aliphatic carbocycles. The first-order valence-corrected chi connectivity index (χ1v) is 9.31. The van der Waals surface area contributed by atoms with Crippen LogP contribution >= 0.6 is 23.2 Å². The van der Waals surface area contributed by atoms with Gasteiger partial charge in [-0.2, -0.15) is 10.2 Å². The summed E-state index contributed by atoms with van der Waals surface area (Å²) in [6.45, 7) is 2.50. The summed E-state index contributed by atoms with van der Waals surface area (Å²) in [6.07, 6.45) is 0. The molecule has 134 valence electrons. The lowest BCUT2D eigenvalue weighted by Gasteiger charge is -2.19. The second kappa shape index (κ2) is 10.4. The fraction of sp³-hybridized carbons (Fsp3) is 0.368. The van der Waals surface area contributed by atoms with Crippen LogP contribution in [0.5, 0.6) is 0 Å². The number of hydrogen-bond acceptors (Lipinski definition) is 4. The Bertz CT molecular complexity index is 648. The minimum atomic E-state index is 0.607. The lowest BCUT2D eigenvalue weighted by atomic mass is 10.2. The zero-order chi connectivity index (χ0) is 18.1. The van der Waals surface area contributed by atoms with E-state index in [1.807, 2.05) is 50.5 Å². The summed E-state index contributed by atoms with van der Waals surface area (Å²) < 4.78 is 0. The third-order valence-electron chi connectivity index (χ3n) is 3.79. The van der Waals surface area contributed by atoms with Crippen LogP contribution in [0, 0.1) is 0 Å². The fourth-order valence-corrected chi connectivity index (χ4v) is 2.85. The zero-order valence-electron chi connectivity index (χ0n) is 14.7. The van der Waals surface area contributed by atoms with E-state index in [9.17, 15) is 0 Å². The maximum absolute atomic E-state index is 5.84. The van der Waals surface area contributed by atoms with Gasteiger partial charge in [0, 0.05) is 51.2 Å². The molecule has 2 aromatic carbocycles. The molecule has 0 fully saturated rings. The number of nitrogens with zero attached hydrogens (tertiary/aromatic N) is 4. The molecule has 0 unspecified atom stereocenters. The van der Waals surface area contributed by atoms with E-state index in [1.165, 1.54) is 5.56 Å². The molecule has 2 aromatic rings. The van der Waals surface area contributed by atoms with Gasteiger partial charge in [0.2, 0.25) is 0 Å². The molecular weight excluding hydrogens is 355 g/mol. The second-order valence-electron chi connectivity index (χ2n) is 5.93. The van der Waals surface area contributed by atoms with Crippen LogP contribution in [0.4, 0.5) is 17.1 Å². The van der Waals surface area contributed by atoms with Crippen LogP contribution in [0.15, 0.2) is 58.8 Å². The van der Waals surface area contributed by atoms with E-state index in [-0.39, 0.29) is 0 Å². The highest BCUT2D eigenvalue weighted by Gasteiger charge is 2.04. The molecule has 0 saturated heterocycles. The first kappa shape index (κ1) is 19.7. The molecule has 0 radical (unpaired) electrons. The number of alkyl halides is 2. The van der Waals surface area contributed by atoms with Crippen molar-refractivity contribution in [1.82, 2.24) is 4.90 Å². The summed E-state index contributed by atoms with van der Waals surface area (Å²) in [5, 5.41) is 8.59. The molecule has 0 bridgehead atoms. The molecule has 2 rings (SSSR count). The van der Waals surface area contributed by atoms with Gasteiger partial charge >= 0.3 is 0 Å². The van der Waals surface area contributed by atoms with Crippen molar-refractivity contribution in [1.29, 1.82) is 0 Å². The van der Waals surface area contributed by atoms with E-state index >= 15 is 0 Å². The predicted molar refractivity (Wildman–Crippen MR) is 108 cm³/mol. The SMILES string of the molecule is CN(C)c1ccc(N=Nc2ccc(CN(CCCl)CCCl)cc2)cc1. The quantitative estimate of drug-likeness (QED) is 0.429. The topological polar surface area (TPSA) is 31.2 Å². The highest BCUT2D eigenvalue weighted by atomic mass is 35.5. The average Bonchev–Trinajstić information content (AvgIpc) is 2.62. The van der Waals surface area contributed by atoms with Crippen molar-refractivity contribution in [2.75, 3.05) is 43.8 Å². The Morgan fingerprint density at radius 1 is 0.760 bits per heavy atom. The van der Waals surface area contributed by atoms with Crippen LogP contribution < -0.4 is 4.90 Å². The minimum Gasteiger partial charge on any atom is -0.378 e. The summed E-state index contributed by atoms with van der Waals surface area (Å²) in [5.41, 5.74) is 4.03. The van der Waals surface area contributed by atoms with E-state index in [0.717, 1.165) is 36.7 Å². The van der Waals surface area contributed by atoms with Gasteiger partial charge < -0.3 is 4.90 Å². The summed E-state index contributed by atoms with van der Waals surface area (Å²) in [6, 6.07) is 16.1. The second-order valence-corrected chi connectivity index (χ2v) is 6.69. The standard InChI is InChI=1S/C19H24Cl2N4/c1-24(2)19-9-7-18(8-10-19)23-22-17-5-3-16(4-6-17)15-25(13-11-20)14-12-21/h3-10H,11-15H2,1-2H3. The molecule has 0 heterocycles. The van der Waals surface area contributed by atoms with Gasteiger partial charge in [-0.1, -0.05) is 12.1 Å². The van der Waals surface area contributed by atoms with Crippen molar-refractivity contribution >= 4 is 40.3 Å². The van der Waals surface area contributed by atoms with E-state index in [2.05, 4.69) is 32.2 Å². The summed E-state index contributed by atoms with van der Waals surface area (Å²) in [5.74, 6) is 1.21. The van der Waals surface area contributed by atoms with Crippen LogP contribution in [0.3, 0.4) is 0 Å². The van der Waals surface area contributed by atoms with Gasteiger partial charge in [-0.25, -0.2) is 0 Å². The molecule has 0 N–H and O–H groups in total. The fourth-order valence-electron chi connectivity index (χ4n) is 2.37. The van der Waals surface area contributed by atoms with Crippen molar-refractivity contribution in [2.24, 2.45) is 10.2 Å². The van der Waals surface area contributed by atoms with Gasteiger partial charge in [-0.05, 0) is 42.0 Å². The molecule has 0 aromatic heterocycles. The molecule has 6 heteroatoms. The highest BCUT2D eigenvalue weighted by Crippen LogP contribution is 2.21. The first-order chi connectivity index (χ1) is 12.1. The van der Waals surface area contributed by atoms with E-state index in [1.54, 1.807) is 0 Å². The Hall–Kier alpha value is -1.62. The van der Waals surface area contributed by atoms with Crippen molar-refractivity contribution in [2.45, 2.75) is 6.54 Å². The maximum Gasteiger partial charge on any atom is 0.0858 e. The molecule has 0 aliphatic heterocycles. The predicted octanol–water partition coefficient (Wildman–Crippen LogP) is 5.45. The largest absolute Gasteiger partial charge is 0.378 e. The Labute approximate surface area is 160 Å². The summed E-state index contributed by atoms with van der Waals surface area (Å²) >= 11 is 11.7. The van der Waals surface area contributed by atoms with Gasteiger partial charge in [0.15, 0.2) is 0 Å². The molecule has 4 nitrogen and oxygen atoms in total. The van der Waals surface area contributed by atoms with Crippen molar-refractivity contribution < 1.29 is 0 Å². The highest BCUT2D eigenvalue weighted by molar-refractivity contribution is 6.18. The number of anilines is 1. The van der Waals surface area contributed by atoms with Crippen molar-refractivity contribution in [3.8, 4) is 0 Å². The molecule has 0 atom stereocenters. The van der Waals surface area contributed by atoms with E-state index in [0.29, 0.717) is 11.8 Å². The molecular formula is C19H24Cl2N4. The number of rotatable bonds is 9. The average molecular weight is 379 g/mol. The van der Waals surface area contributed by atoms with Crippen LogP contribution in [0.1, 0.15) is 5.56 Å². The van der Waals surface area contributed by atoms with Gasteiger partial charge in [-0.3, -0.25) is 4.90 Å². The normalized spacial score (nSPS) is 11.4. The Morgan fingerprint density at radius 3 is 1.68 bits per heavy atom. The maximum atomic E-state index is 5.84. The van der Waals surface area contributed by atoms with Crippen molar-refractivity contribution in [3.05, 3.63) is 54.1 Å². The number of benzene rings is 2. The zero-order valence-corrected chi connectivity index (χ0v) is 16.2. The van der Waals surface area contributed by atoms with Gasteiger partial charge in [-0.15, -0.1) is 23.2 Å². The van der Waals surface area contributed by atoms with Crippen LogP contribution in [0.25, 0.3) is 0 Å². The third kappa shape index (κ3) is 6.65. The molecule has 25 heavy (non-hydrogen) atoms. The number of halogens is 2. The molecule has 0 saturated carbocycles. The van der Waals surface area contributed by atoms with E-state index in [4.69, 9.17) is 23.2 Å². The third-order valence-corrected chi connectivity index (χ3v) is 4.13. The summed E-state index contributed by atoms with van der Waals surface area (Å²) in [7, 11) is 4.03. The van der Waals surface area contributed by atoms with Gasteiger partial charge in [0.25, 0.3) is 0 Å². The smallest absolute Gasteiger partial charge is 0.0858 e. The molecule has 0 aliphatic rings. The lowest BCUT2D eigenvalue weighted by Crippen LogP contribution is -2.27. The van der Waals surface area contributed by atoms with Crippen LogP contribution in [0.2, 0.25) is 0 Å². The summed E-state index contributed by atoms with van der Waals surface area (Å²) in [4.78, 5) is 4.29. The minimum absolute atomic E-state index is 0.607. The van der Waals surface area contributed by atoms with Crippen LogP contribution in [-0.2, 0) is 6.54 Å². The molecule has 0 amide bonds. The molecule has 0 spiro atoms. The monoisotopic (exact) mass is 378 g/mol. The Morgan fingerprint density at radius 2 is 1.24 bits per heavy atom. The van der Waals surface area contributed by atoms with Gasteiger partial charge in [0.1, 0.15) is 0 Å². The number of azo groups is 1. The van der Waals surface area contributed by atoms with Crippen molar-refractivity contribution in [3.63, 3.8) is 0 Å². The Balaban J connectivity index is 1.97.